The summed E-state index contributed by atoms with van der Waals surface area (Å²) in [5.74, 6) is -3.45. The lowest BCUT2D eigenvalue weighted by Crippen LogP contribution is -2.48. The second-order valence-corrected chi connectivity index (χ2v) is 15.6. The Morgan fingerprint density at radius 3 is 1.33 bits per heavy atom. The van der Waals surface area contributed by atoms with Crippen molar-refractivity contribution >= 4 is 59.4 Å². The van der Waals surface area contributed by atoms with Crippen LogP contribution in [0, 0.1) is 0 Å². The van der Waals surface area contributed by atoms with Crippen LogP contribution in [0.3, 0.4) is 0 Å². The lowest BCUT2D eigenvalue weighted by molar-refractivity contribution is -0.129. The first kappa shape index (κ1) is 56.2. The Labute approximate surface area is 406 Å². The zero-order chi connectivity index (χ0) is 50.9. The molecule has 378 valence electrons. The predicted octanol–water partition coefficient (Wildman–Crippen LogP) is -1.33. The summed E-state index contributed by atoms with van der Waals surface area (Å²) < 4.78 is 0. The van der Waals surface area contributed by atoms with Crippen molar-refractivity contribution in [3.8, 4) is 0 Å². The number of guanidine groups is 1. The number of rotatable bonds is 30. The van der Waals surface area contributed by atoms with Gasteiger partial charge in [-0.2, -0.15) is 0 Å². The molecule has 0 aliphatic rings. The molecule has 0 aliphatic heterocycles. The van der Waals surface area contributed by atoms with E-state index in [0.29, 0.717) is 6.42 Å². The molecular weight excluding hydrogens is 905 g/mol. The molecule has 16 N–H and O–H groups in total. The van der Waals surface area contributed by atoms with Crippen LogP contribution in [-0.4, -0.2) is 118 Å². The zero-order valence-electron chi connectivity index (χ0n) is 39.1. The van der Waals surface area contributed by atoms with Gasteiger partial charge >= 0.3 is 12.1 Å². The number of benzene rings is 3. The third kappa shape index (κ3) is 24.1. The zero-order valence-corrected chi connectivity index (χ0v) is 39.1. The van der Waals surface area contributed by atoms with E-state index in [4.69, 9.17) is 17.2 Å². The summed E-state index contributed by atoms with van der Waals surface area (Å²) in [7, 11) is 0. The number of nitrogens with zero attached hydrogens (tertiary/aromatic N) is 1. The van der Waals surface area contributed by atoms with E-state index in [0.717, 1.165) is 22.3 Å². The summed E-state index contributed by atoms with van der Waals surface area (Å²) in [4.78, 5) is 115. The highest BCUT2D eigenvalue weighted by atomic mass is 16.2. The highest BCUT2D eigenvalue weighted by Crippen LogP contribution is 2.25. The molecule has 0 bridgehead atoms. The molecule has 0 unspecified atom stereocenters. The van der Waals surface area contributed by atoms with Gasteiger partial charge in [0.05, 0.1) is 5.92 Å². The third-order valence-electron chi connectivity index (χ3n) is 10.1. The van der Waals surface area contributed by atoms with Crippen LogP contribution in [0.1, 0.15) is 73.1 Å². The normalized spacial score (nSPS) is 11.3. The van der Waals surface area contributed by atoms with Crippen molar-refractivity contribution in [2.24, 2.45) is 22.2 Å². The molecular formula is C47H66N14O9. The molecule has 23 nitrogen and oxygen atoms in total. The Kier molecular flexibility index (Phi) is 26.2. The molecule has 0 spiro atoms. The highest BCUT2D eigenvalue weighted by molar-refractivity contribution is 5.95. The lowest BCUT2D eigenvalue weighted by Gasteiger charge is -2.23. The molecule has 0 fully saturated rings. The molecule has 3 rings (SSSR count). The molecule has 1 atom stereocenters. The summed E-state index contributed by atoms with van der Waals surface area (Å²) in [6, 6.07) is 23.4. The van der Waals surface area contributed by atoms with Gasteiger partial charge in [-0.3, -0.25) is 43.9 Å². The second kappa shape index (κ2) is 32.6. The molecule has 0 saturated carbocycles. The number of primary amides is 1. The highest BCUT2D eigenvalue weighted by Gasteiger charge is 2.28. The van der Waals surface area contributed by atoms with Gasteiger partial charge in [0.25, 0.3) is 0 Å². The van der Waals surface area contributed by atoms with Crippen LogP contribution in [-0.2, 0) is 46.7 Å². The van der Waals surface area contributed by atoms with Crippen molar-refractivity contribution in [1.82, 2.24) is 53.2 Å². The molecule has 3 aromatic rings. The monoisotopic (exact) mass is 971 g/mol. The van der Waals surface area contributed by atoms with Gasteiger partial charge in [-0.25, -0.2) is 9.59 Å². The van der Waals surface area contributed by atoms with E-state index >= 15 is 0 Å². The summed E-state index contributed by atoms with van der Waals surface area (Å²) in [5.41, 5.74) is 19.5. The fraction of sp³-hybridized carbons (Fsp3) is 0.404. The van der Waals surface area contributed by atoms with Gasteiger partial charge in [-0.15, -0.1) is 0 Å². The van der Waals surface area contributed by atoms with Crippen molar-refractivity contribution in [1.29, 1.82) is 0 Å². The standard InChI is InChI=1S/C47H66N14O9/c48-22-21-41(66)55-27-26-53-39(64)18-17-37(62)51-24-25-52-38(63)19-20-40(65)54-28-29-57-47(70)61-45(49)56-23-7-12-36(43(67)58-30-32-13-15-33(16-14-32)31-59-46(50)69)60-44(68)42(34-8-3-1-4-9-34)35-10-5-2-6-11-35/h1-6,8-11,13-16,36,42H,7,12,17-31,48H2,(H,51,62)(H,52,63)(H,53,64)(H,54,65)(H,55,66)(H,58,67)(H,60,68)(H3,50,59,69)(H4,49,56,57,61,70)/t36-/m0/s1. The van der Waals surface area contributed by atoms with Gasteiger partial charge in [-0.05, 0) is 35.1 Å². The molecule has 11 amide bonds. The molecule has 0 aliphatic carbocycles. The number of nitrogens with two attached hydrogens (primary N) is 3. The van der Waals surface area contributed by atoms with Gasteiger partial charge in [0.1, 0.15) is 6.04 Å². The number of nitrogens with one attached hydrogen (secondary N) is 10. The summed E-state index contributed by atoms with van der Waals surface area (Å²) in [6.45, 7) is 1.56. The van der Waals surface area contributed by atoms with E-state index in [-0.39, 0.29) is 134 Å². The van der Waals surface area contributed by atoms with E-state index in [2.05, 4.69) is 58.2 Å². The number of carbonyl (C=O) groups is 9. The van der Waals surface area contributed by atoms with Gasteiger partial charge < -0.3 is 65.1 Å². The minimum Gasteiger partial charge on any atom is -0.370 e. The smallest absolute Gasteiger partial charge is 0.321 e. The van der Waals surface area contributed by atoms with Crippen LogP contribution in [0.15, 0.2) is 89.9 Å². The van der Waals surface area contributed by atoms with Crippen molar-refractivity contribution < 1.29 is 43.2 Å². The number of urea groups is 2. The quantitative estimate of drug-likeness (QED) is 0.0211. The molecule has 0 aromatic heterocycles. The Morgan fingerprint density at radius 1 is 0.486 bits per heavy atom. The number of aliphatic imine (C=N–C) groups is 1. The third-order valence-corrected chi connectivity index (χ3v) is 10.1. The van der Waals surface area contributed by atoms with Crippen molar-refractivity contribution in [2.75, 3.05) is 52.4 Å². The maximum Gasteiger partial charge on any atom is 0.321 e. The second-order valence-electron chi connectivity index (χ2n) is 15.6. The predicted molar refractivity (Wildman–Crippen MR) is 261 cm³/mol. The van der Waals surface area contributed by atoms with E-state index < -0.39 is 41.7 Å². The average molecular weight is 971 g/mol. The molecule has 3 aromatic carbocycles. The number of hydrogen-bond donors (Lipinski definition) is 13. The number of hydrogen-bond acceptors (Lipinski definition) is 11. The van der Waals surface area contributed by atoms with Crippen LogP contribution in [0.2, 0.25) is 0 Å². The number of amides is 11. The maximum atomic E-state index is 14.0. The first-order valence-corrected chi connectivity index (χ1v) is 22.9. The Bertz CT molecular complexity index is 2160. The van der Waals surface area contributed by atoms with E-state index in [1.165, 1.54) is 0 Å². The summed E-state index contributed by atoms with van der Waals surface area (Å²) in [6.07, 6.45) is 0.350. The van der Waals surface area contributed by atoms with Crippen LogP contribution in [0.25, 0.3) is 0 Å². The van der Waals surface area contributed by atoms with Crippen molar-refractivity contribution in [2.45, 2.75) is 70.0 Å². The van der Waals surface area contributed by atoms with Crippen LogP contribution in [0.5, 0.6) is 0 Å². The first-order valence-electron chi connectivity index (χ1n) is 22.9. The Hall–Kier alpha value is -8.08. The topological polar surface area (TPSA) is 364 Å². The van der Waals surface area contributed by atoms with Crippen LogP contribution >= 0.6 is 0 Å². The average Bonchev–Trinajstić information content (AvgIpc) is 3.34. The largest absolute Gasteiger partial charge is 0.370 e. The molecule has 23 heteroatoms. The fourth-order valence-electron chi connectivity index (χ4n) is 6.49. The van der Waals surface area contributed by atoms with Gasteiger partial charge in [-0.1, -0.05) is 84.9 Å². The van der Waals surface area contributed by atoms with E-state index in [1.807, 2.05) is 60.7 Å². The van der Waals surface area contributed by atoms with Gasteiger partial charge in [0, 0.05) is 97.6 Å². The summed E-state index contributed by atoms with van der Waals surface area (Å²) >= 11 is 0. The van der Waals surface area contributed by atoms with Crippen molar-refractivity contribution in [3.05, 3.63) is 107 Å². The van der Waals surface area contributed by atoms with Gasteiger partial charge in [0.2, 0.25) is 41.4 Å². The first-order chi connectivity index (χ1) is 33.7. The van der Waals surface area contributed by atoms with E-state index in [9.17, 15) is 43.2 Å². The van der Waals surface area contributed by atoms with Crippen LogP contribution in [0.4, 0.5) is 9.59 Å². The fourth-order valence-corrected chi connectivity index (χ4v) is 6.49. The maximum absolute atomic E-state index is 14.0. The molecule has 0 radical (unpaired) electrons. The minimum atomic E-state index is -0.959. The SMILES string of the molecule is NCCC(=O)NCCNC(=O)CCC(=O)NCCNC(=O)CCC(=O)NCCNC(=O)NC(N)=NCCC[C@H](NC(=O)C(c1ccccc1)c1ccccc1)C(=O)NCc1ccc(CNC(N)=O)cc1. The molecule has 0 heterocycles. The Balaban J connectivity index is 1.37. The van der Waals surface area contributed by atoms with Crippen molar-refractivity contribution in [3.63, 3.8) is 0 Å². The molecule has 70 heavy (non-hydrogen) atoms. The number of carbonyl (C=O) groups excluding carboxylic acids is 9. The summed E-state index contributed by atoms with van der Waals surface area (Å²) in [5, 5.41) is 26.3. The Morgan fingerprint density at radius 2 is 0.900 bits per heavy atom. The molecule has 0 saturated heterocycles. The minimum absolute atomic E-state index is 0.0337. The van der Waals surface area contributed by atoms with Gasteiger partial charge in [0.15, 0.2) is 5.96 Å². The van der Waals surface area contributed by atoms with E-state index in [1.54, 1.807) is 24.3 Å². The van der Waals surface area contributed by atoms with Crippen LogP contribution < -0.4 is 70.4 Å². The lowest BCUT2D eigenvalue weighted by atomic mass is 9.90.